The van der Waals surface area contributed by atoms with E-state index in [1.54, 1.807) is 6.20 Å². The largest absolute Gasteiger partial charge is 0.490 e. The van der Waals surface area contributed by atoms with Gasteiger partial charge in [-0.2, -0.15) is 0 Å². The van der Waals surface area contributed by atoms with Crippen LogP contribution in [0.5, 0.6) is 11.5 Å². The van der Waals surface area contributed by atoms with Gasteiger partial charge in [0.1, 0.15) is 24.7 Å². The third-order valence-corrected chi connectivity index (χ3v) is 2.58. The first-order valence-electron chi connectivity index (χ1n) is 6.28. The van der Waals surface area contributed by atoms with Crippen LogP contribution in [0.15, 0.2) is 48.8 Å². The first-order valence-corrected chi connectivity index (χ1v) is 6.28. The van der Waals surface area contributed by atoms with Gasteiger partial charge in [0, 0.05) is 24.5 Å². The van der Waals surface area contributed by atoms with Crippen LogP contribution >= 0.6 is 0 Å². The molecule has 0 unspecified atom stereocenters. The molecule has 0 saturated carbocycles. The lowest BCUT2D eigenvalue weighted by atomic mass is 10.2. The minimum atomic E-state index is 0.510. The number of benzene rings is 1. The topological polar surface area (TPSA) is 43.4 Å². The molecule has 1 aromatic carbocycles. The summed E-state index contributed by atoms with van der Waals surface area (Å²) in [6.45, 7) is 1.77. The fraction of sp³-hybridized carbons (Fsp3) is 0.267. The van der Waals surface area contributed by atoms with E-state index in [1.165, 1.54) is 0 Å². The smallest absolute Gasteiger partial charge is 0.127 e. The molecular weight excluding hydrogens is 240 g/mol. The van der Waals surface area contributed by atoms with Gasteiger partial charge in [-0.25, -0.2) is 0 Å². The van der Waals surface area contributed by atoms with Gasteiger partial charge in [-0.1, -0.05) is 18.2 Å². The molecule has 0 bridgehead atoms. The van der Waals surface area contributed by atoms with Crippen molar-refractivity contribution in [2.75, 3.05) is 20.3 Å². The van der Waals surface area contributed by atoms with Crippen molar-refractivity contribution in [3.63, 3.8) is 0 Å². The van der Waals surface area contributed by atoms with Gasteiger partial charge in [0.25, 0.3) is 0 Å². The number of rotatable bonds is 7. The first-order chi connectivity index (χ1) is 9.40. The highest BCUT2D eigenvalue weighted by atomic mass is 16.5. The lowest BCUT2D eigenvalue weighted by Gasteiger charge is -2.11. The number of pyridine rings is 1. The summed E-state index contributed by atoms with van der Waals surface area (Å²) >= 11 is 0. The molecule has 0 atom stereocenters. The third kappa shape index (κ3) is 4.26. The number of para-hydroxylation sites is 1. The van der Waals surface area contributed by atoms with E-state index >= 15 is 0 Å². The molecule has 2 aromatic rings. The number of hydrogen-bond acceptors (Lipinski definition) is 4. The van der Waals surface area contributed by atoms with E-state index in [0.29, 0.717) is 13.2 Å². The monoisotopic (exact) mass is 258 g/mol. The summed E-state index contributed by atoms with van der Waals surface area (Å²) in [4.78, 5) is 4.09. The Hall–Kier alpha value is -2.07. The fourth-order valence-corrected chi connectivity index (χ4v) is 1.71. The molecule has 0 radical (unpaired) electrons. The minimum absolute atomic E-state index is 0.510. The lowest BCUT2D eigenvalue weighted by molar-refractivity contribution is 0.215. The summed E-state index contributed by atoms with van der Waals surface area (Å²) in [7, 11) is 1.90. The second kappa shape index (κ2) is 7.38. The van der Waals surface area contributed by atoms with Gasteiger partial charge in [-0.15, -0.1) is 0 Å². The summed E-state index contributed by atoms with van der Waals surface area (Å²) in [5.74, 6) is 1.71. The van der Waals surface area contributed by atoms with E-state index in [2.05, 4.69) is 10.3 Å². The molecule has 0 aliphatic carbocycles. The number of nitrogens with one attached hydrogen (secondary N) is 1. The van der Waals surface area contributed by atoms with Crippen molar-refractivity contribution in [1.82, 2.24) is 10.3 Å². The van der Waals surface area contributed by atoms with Crippen molar-refractivity contribution in [1.29, 1.82) is 0 Å². The van der Waals surface area contributed by atoms with E-state index in [4.69, 9.17) is 9.47 Å². The molecule has 2 rings (SSSR count). The molecule has 0 aliphatic heterocycles. The molecule has 100 valence electrons. The minimum Gasteiger partial charge on any atom is -0.490 e. The Kier molecular flexibility index (Phi) is 5.19. The Labute approximate surface area is 113 Å². The van der Waals surface area contributed by atoms with Crippen LogP contribution in [0.1, 0.15) is 5.56 Å². The van der Waals surface area contributed by atoms with E-state index in [-0.39, 0.29) is 0 Å². The first kappa shape index (κ1) is 13.4. The maximum absolute atomic E-state index is 5.71. The van der Waals surface area contributed by atoms with Gasteiger partial charge in [-0.05, 0) is 25.2 Å². The van der Waals surface area contributed by atoms with Crippen LogP contribution in [-0.2, 0) is 6.54 Å². The maximum atomic E-state index is 5.71. The molecule has 4 nitrogen and oxygen atoms in total. The van der Waals surface area contributed by atoms with E-state index < -0.39 is 0 Å². The number of ether oxygens (including phenoxy) is 2. The molecule has 1 aromatic heterocycles. The highest BCUT2D eigenvalue weighted by Gasteiger charge is 2.02. The summed E-state index contributed by atoms with van der Waals surface area (Å²) < 4.78 is 11.3. The Bertz CT molecular complexity index is 489. The average molecular weight is 258 g/mol. The van der Waals surface area contributed by atoms with Crippen LogP contribution < -0.4 is 14.8 Å². The molecule has 1 N–H and O–H groups in total. The van der Waals surface area contributed by atoms with Gasteiger partial charge < -0.3 is 14.8 Å². The van der Waals surface area contributed by atoms with Crippen LogP contribution in [0.25, 0.3) is 0 Å². The predicted octanol–water partition coefficient (Wildman–Crippen LogP) is 2.26. The molecule has 1 heterocycles. The van der Waals surface area contributed by atoms with Crippen LogP contribution in [-0.4, -0.2) is 25.2 Å². The Morgan fingerprint density at radius 2 is 1.84 bits per heavy atom. The lowest BCUT2D eigenvalue weighted by Crippen LogP contribution is -2.12. The molecule has 0 fully saturated rings. The summed E-state index contributed by atoms with van der Waals surface area (Å²) in [6, 6.07) is 11.6. The maximum Gasteiger partial charge on any atom is 0.127 e. The molecule has 0 spiro atoms. The predicted molar refractivity (Wildman–Crippen MR) is 74.4 cm³/mol. The normalized spacial score (nSPS) is 10.2. The van der Waals surface area contributed by atoms with Crippen LogP contribution in [0.4, 0.5) is 0 Å². The zero-order valence-corrected chi connectivity index (χ0v) is 11.0. The second-order valence-electron chi connectivity index (χ2n) is 4.02. The third-order valence-electron chi connectivity index (χ3n) is 2.58. The number of hydrogen-bond donors (Lipinski definition) is 1. The van der Waals surface area contributed by atoms with Crippen molar-refractivity contribution in [3.05, 3.63) is 54.4 Å². The quantitative estimate of drug-likeness (QED) is 0.774. The second-order valence-corrected chi connectivity index (χ2v) is 4.02. The van der Waals surface area contributed by atoms with Crippen LogP contribution in [0.2, 0.25) is 0 Å². The number of nitrogens with zero attached hydrogens (tertiary/aromatic N) is 1. The Morgan fingerprint density at radius 3 is 2.63 bits per heavy atom. The van der Waals surface area contributed by atoms with Gasteiger partial charge in [-0.3, -0.25) is 4.98 Å². The molecule has 0 amide bonds. The van der Waals surface area contributed by atoms with Crippen molar-refractivity contribution < 1.29 is 9.47 Å². The van der Waals surface area contributed by atoms with Crippen LogP contribution in [0.3, 0.4) is 0 Å². The standard InChI is InChI=1S/C15H18N2O2/c1-16-11-13-12-17-8-7-15(13)19-10-9-18-14-5-3-2-4-6-14/h2-8,12,16H,9-11H2,1H3. The van der Waals surface area contributed by atoms with Crippen molar-refractivity contribution >= 4 is 0 Å². The SMILES string of the molecule is CNCc1cnccc1OCCOc1ccccc1. The zero-order valence-electron chi connectivity index (χ0n) is 11.0. The molecule has 0 saturated heterocycles. The van der Waals surface area contributed by atoms with Gasteiger partial charge >= 0.3 is 0 Å². The summed E-state index contributed by atoms with van der Waals surface area (Å²) in [6.07, 6.45) is 3.54. The summed E-state index contributed by atoms with van der Waals surface area (Å²) in [5, 5.41) is 3.09. The molecular formula is C15H18N2O2. The van der Waals surface area contributed by atoms with Crippen molar-refractivity contribution in [2.24, 2.45) is 0 Å². The number of aromatic nitrogens is 1. The highest BCUT2D eigenvalue weighted by Crippen LogP contribution is 2.16. The van der Waals surface area contributed by atoms with Gasteiger partial charge in [0.15, 0.2) is 0 Å². The molecule has 19 heavy (non-hydrogen) atoms. The van der Waals surface area contributed by atoms with E-state index in [9.17, 15) is 0 Å². The van der Waals surface area contributed by atoms with E-state index in [1.807, 2.05) is 49.6 Å². The van der Waals surface area contributed by atoms with Crippen molar-refractivity contribution in [3.8, 4) is 11.5 Å². The van der Waals surface area contributed by atoms with Gasteiger partial charge in [0.05, 0.1) is 0 Å². The Morgan fingerprint density at radius 1 is 1.05 bits per heavy atom. The summed E-state index contributed by atoms with van der Waals surface area (Å²) in [5.41, 5.74) is 1.05. The highest BCUT2D eigenvalue weighted by molar-refractivity contribution is 5.29. The van der Waals surface area contributed by atoms with Crippen LogP contribution in [0, 0.1) is 0 Å². The molecule has 4 heteroatoms. The van der Waals surface area contributed by atoms with Crippen molar-refractivity contribution in [2.45, 2.75) is 6.54 Å². The zero-order chi connectivity index (χ0) is 13.3. The Balaban J connectivity index is 1.79. The average Bonchev–Trinajstić information content (AvgIpc) is 2.47. The van der Waals surface area contributed by atoms with E-state index in [0.717, 1.165) is 23.6 Å². The fourth-order valence-electron chi connectivity index (χ4n) is 1.71. The molecule has 0 aliphatic rings. The van der Waals surface area contributed by atoms with Gasteiger partial charge in [0.2, 0.25) is 0 Å².